The van der Waals surface area contributed by atoms with E-state index >= 15 is 0 Å². The Morgan fingerprint density at radius 2 is 1.74 bits per heavy atom. The van der Waals surface area contributed by atoms with Crippen molar-refractivity contribution in [2.45, 2.75) is 13.8 Å². The minimum Gasteiger partial charge on any atom is -0.490 e. The summed E-state index contributed by atoms with van der Waals surface area (Å²) >= 11 is 0. The van der Waals surface area contributed by atoms with Crippen molar-refractivity contribution in [3.63, 3.8) is 0 Å². The van der Waals surface area contributed by atoms with Crippen molar-refractivity contribution in [2.75, 3.05) is 18.5 Å². The number of hydrogen-bond donors (Lipinski definition) is 3. The second-order valence-electron chi connectivity index (χ2n) is 3.50. The van der Waals surface area contributed by atoms with Crippen molar-refractivity contribution >= 4 is 17.7 Å². The van der Waals surface area contributed by atoms with Crippen LogP contribution in [0.15, 0.2) is 12.1 Å². The van der Waals surface area contributed by atoms with E-state index in [0.29, 0.717) is 24.7 Å². The van der Waals surface area contributed by atoms with Gasteiger partial charge in [-0.3, -0.25) is 0 Å². The molecule has 0 radical (unpaired) electrons. The molecule has 0 atom stereocenters. The molecule has 0 heterocycles. The van der Waals surface area contributed by atoms with Gasteiger partial charge in [-0.25, -0.2) is 9.59 Å². The van der Waals surface area contributed by atoms with E-state index in [1.165, 1.54) is 12.1 Å². The van der Waals surface area contributed by atoms with Crippen LogP contribution in [-0.2, 0) is 0 Å². The zero-order chi connectivity index (χ0) is 14.4. The Hall–Kier alpha value is -2.44. The number of anilines is 1. The van der Waals surface area contributed by atoms with Crippen LogP contribution in [0.5, 0.6) is 11.5 Å². The summed E-state index contributed by atoms with van der Waals surface area (Å²) in [7, 11) is 0. The molecule has 1 aromatic carbocycles. The number of nitrogens with two attached hydrogens (primary N) is 1. The SMILES string of the molecule is CCOc1cc(NC(N)=O)c(C(=O)O)cc1OCC. The summed E-state index contributed by atoms with van der Waals surface area (Å²) in [6.07, 6.45) is 0. The van der Waals surface area contributed by atoms with Crippen molar-refractivity contribution in [3.05, 3.63) is 17.7 Å². The Morgan fingerprint density at radius 3 is 2.16 bits per heavy atom. The lowest BCUT2D eigenvalue weighted by Crippen LogP contribution is -2.21. The van der Waals surface area contributed by atoms with E-state index < -0.39 is 12.0 Å². The summed E-state index contributed by atoms with van der Waals surface area (Å²) < 4.78 is 10.6. The monoisotopic (exact) mass is 268 g/mol. The third-order valence-corrected chi connectivity index (χ3v) is 2.17. The van der Waals surface area contributed by atoms with Crippen LogP contribution in [0, 0.1) is 0 Å². The highest BCUT2D eigenvalue weighted by Gasteiger charge is 2.17. The van der Waals surface area contributed by atoms with Crippen molar-refractivity contribution < 1.29 is 24.2 Å². The molecule has 1 aromatic rings. The zero-order valence-electron chi connectivity index (χ0n) is 10.7. The number of rotatable bonds is 6. The molecule has 0 aliphatic heterocycles. The number of carbonyl (C=O) groups excluding carboxylic acids is 1. The third-order valence-electron chi connectivity index (χ3n) is 2.17. The van der Waals surface area contributed by atoms with Gasteiger partial charge in [-0.2, -0.15) is 0 Å². The normalized spacial score (nSPS) is 9.79. The average Bonchev–Trinajstić information content (AvgIpc) is 2.31. The van der Waals surface area contributed by atoms with Crippen molar-refractivity contribution in [2.24, 2.45) is 5.73 Å². The summed E-state index contributed by atoms with van der Waals surface area (Å²) in [4.78, 5) is 22.0. The van der Waals surface area contributed by atoms with E-state index in [0.717, 1.165) is 0 Å². The highest BCUT2D eigenvalue weighted by molar-refractivity contribution is 6.00. The van der Waals surface area contributed by atoms with Gasteiger partial charge in [0.1, 0.15) is 0 Å². The average molecular weight is 268 g/mol. The Bertz CT molecular complexity index is 487. The largest absolute Gasteiger partial charge is 0.490 e. The number of ether oxygens (including phenoxy) is 2. The van der Waals surface area contributed by atoms with E-state index in [9.17, 15) is 9.59 Å². The number of benzene rings is 1. The number of carboxylic acids is 1. The second-order valence-corrected chi connectivity index (χ2v) is 3.50. The van der Waals surface area contributed by atoms with Gasteiger partial charge in [0, 0.05) is 12.1 Å². The maximum absolute atomic E-state index is 11.1. The maximum Gasteiger partial charge on any atom is 0.337 e. The van der Waals surface area contributed by atoms with Gasteiger partial charge in [0.2, 0.25) is 0 Å². The fraction of sp³-hybridized carbons (Fsp3) is 0.333. The van der Waals surface area contributed by atoms with Gasteiger partial charge in [0.15, 0.2) is 11.5 Å². The first-order valence-electron chi connectivity index (χ1n) is 5.73. The number of urea groups is 1. The van der Waals surface area contributed by atoms with Crippen LogP contribution in [0.2, 0.25) is 0 Å². The van der Waals surface area contributed by atoms with E-state index in [2.05, 4.69) is 5.32 Å². The molecule has 7 heteroatoms. The summed E-state index contributed by atoms with van der Waals surface area (Å²) in [5, 5.41) is 11.3. The predicted octanol–water partition coefficient (Wildman–Crippen LogP) is 1.67. The maximum atomic E-state index is 11.1. The van der Waals surface area contributed by atoms with Gasteiger partial charge in [-0.15, -0.1) is 0 Å². The molecule has 0 aromatic heterocycles. The van der Waals surface area contributed by atoms with Gasteiger partial charge in [0.25, 0.3) is 0 Å². The number of nitrogens with one attached hydrogen (secondary N) is 1. The molecule has 4 N–H and O–H groups in total. The van der Waals surface area contributed by atoms with E-state index in [-0.39, 0.29) is 11.3 Å². The van der Waals surface area contributed by atoms with E-state index in [4.69, 9.17) is 20.3 Å². The smallest absolute Gasteiger partial charge is 0.337 e. The Kier molecular flexibility index (Phi) is 4.99. The Labute approximate surface area is 110 Å². The number of carbonyl (C=O) groups is 2. The van der Waals surface area contributed by atoms with Gasteiger partial charge in [0.05, 0.1) is 24.5 Å². The minimum absolute atomic E-state index is 0.0619. The van der Waals surface area contributed by atoms with Crippen LogP contribution < -0.4 is 20.5 Å². The molecular weight excluding hydrogens is 252 g/mol. The van der Waals surface area contributed by atoms with Crippen LogP contribution in [0.1, 0.15) is 24.2 Å². The molecule has 0 unspecified atom stereocenters. The Morgan fingerprint density at radius 1 is 1.21 bits per heavy atom. The molecule has 0 aliphatic rings. The molecule has 2 amide bonds. The minimum atomic E-state index is -1.20. The summed E-state index contributed by atoms with van der Waals surface area (Å²) in [6.45, 7) is 4.29. The number of primary amides is 1. The van der Waals surface area contributed by atoms with Gasteiger partial charge < -0.3 is 25.6 Å². The first-order chi connectivity index (χ1) is 8.99. The van der Waals surface area contributed by atoms with Gasteiger partial charge in [-0.1, -0.05) is 0 Å². The van der Waals surface area contributed by atoms with Crippen molar-refractivity contribution in [3.8, 4) is 11.5 Å². The number of aromatic carboxylic acids is 1. The van der Waals surface area contributed by atoms with Gasteiger partial charge in [-0.05, 0) is 13.8 Å². The summed E-state index contributed by atoms with van der Waals surface area (Å²) in [5.74, 6) is -0.553. The third kappa shape index (κ3) is 3.77. The fourth-order valence-electron chi connectivity index (χ4n) is 1.51. The number of carboxylic acid groups (broad SMARTS) is 1. The molecule has 7 nitrogen and oxygen atoms in total. The first-order valence-corrected chi connectivity index (χ1v) is 5.73. The van der Waals surface area contributed by atoms with Crippen LogP contribution >= 0.6 is 0 Å². The standard InChI is InChI=1S/C12H16N2O5/c1-3-18-9-5-7(11(15)16)8(14-12(13)17)6-10(9)19-4-2/h5-6H,3-4H2,1-2H3,(H,15,16)(H3,13,14,17). The number of hydrogen-bond acceptors (Lipinski definition) is 4. The lowest BCUT2D eigenvalue weighted by atomic mass is 10.1. The molecule has 0 saturated carbocycles. The summed E-state index contributed by atoms with van der Waals surface area (Å²) in [5.41, 5.74) is 4.94. The molecule has 0 aliphatic carbocycles. The van der Waals surface area contributed by atoms with Crippen LogP contribution in [0.4, 0.5) is 10.5 Å². The zero-order valence-corrected chi connectivity index (χ0v) is 10.7. The lowest BCUT2D eigenvalue weighted by molar-refractivity contribution is 0.0697. The molecular formula is C12H16N2O5. The predicted molar refractivity (Wildman–Crippen MR) is 68.9 cm³/mol. The molecule has 1 rings (SSSR count). The van der Waals surface area contributed by atoms with Crippen LogP contribution in [0.25, 0.3) is 0 Å². The highest BCUT2D eigenvalue weighted by atomic mass is 16.5. The molecule has 0 bridgehead atoms. The Balaban J connectivity index is 3.31. The fourth-order valence-corrected chi connectivity index (χ4v) is 1.51. The molecule has 104 valence electrons. The quantitative estimate of drug-likeness (QED) is 0.726. The molecule has 0 fully saturated rings. The van der Waals surface area contributed by atoms with Crippen molar-refractivity contribution in [1.29, 1.82) is 0 Å². The van der Waals surface area contributed by atoms with Gasteiger partial charge >= 0.3 is 12.0 Å². The first kappa shape index (κ1) is 14.6. The molecule has 19 heavy (non-hydrogen) atoms. The summed E-state index contributed by atoms with van der Waals surface area (Å²) in [6, 6.07) is 1.82. The van der Waals surface area contributed by atoms with Crippen molar-refractivity contribution in [1.82, 2.24) is 0 Å². The van der Waals surface area contributed by atoms with Crippen LogP contribution in [0.3, 0.4) is 0 Å². The van der Waals surface area contributed by atoms with E-state index in [1.54, 1.807) is 13.8 Å². The molecule has 0 saturated heterocycles. The highest BCUT2D eigenvalue weighted by Crippen LogP contribution is 2.34. The van der Waals surface area contributed by atoms with Crippen LogP contribution in [-0.4, -0.2) is 30.3 Å². The lowest BCUT2D eigenvalue weighted by Gasteiger charge is -2.14. The van der Waals surface area contributed by atoms with E-state index in [1.807, 2.05) is 0 Å². The molecule has 0 spiro atoms. The topological polar surface area (TPSA) is 111 Å². The number of amides is 2. The second kappa shape index (κ2) is 6.48.